The highest BCUT2D eigenvalue weighted by molar-refractivity contribution is 5.79. The summed E-state index contributed by atoms with van der Waals surface area (Å²) < 4.78 is 54.0. The Morgan fingerprint density at radius 2 is 1.70 bits per heavy atom. The number of amides is 1. The number of alkyl halides is 2. The van der Waals surface area contributed by atoms with Gasteiger partial charge in [0.2, 0.25) is 5.91 Å². The lowest BCUT2D eigenvalue weighted by Gasteiger charge is -2.25. The predicted molar refractivity (Wildman–Crippen MR) is 96.1 cm³/mol. The molecule has 1 amide bonds. The van der Waals surface area contributed by atoms with Crippen LogP contribution in [0.3, 0.4) is 0 Å². The van der Waals surface area contributed by atoms with Crippen molar-refractivity contribution in [3.8, 4) is 11.1 Å². The minimum Gasteiger partial charge on any atom is -0.368 e. The zero-order valence-electron chi connectivity index (χ0n) is 15.1. The highest BCUT2D eigenvalue weighted by Crippen LogP contribution is 2.28. The van der Waals surface area contributed by atoms with Crippen molar-refractivity contribution in [1.82, 2.24) is 5.32 Å². The number of rotatable bonds is 8. The quantitative estimate of drug-likeness (QED) is 0.664. The number of benzene rings is 2. The van der Waals surface area contributed by atoms with Crippen molar-refractivity contribution in [3.63, 3.8) is 0 Å². The first-order valence-corrected chi connectivity index (χ1v) is 8.58. The van der Waals surface area contributed by atoms with E-state index in [0.717, 1.165) is 12.1 Å². The minimum atomic E-state index is -2.77. The van der Waals surface area contributed by atoms with E-state index < -0.39 is 36.1 Å². The molecule has 0 unspecified atom stereocenters. The fraction of sp³-hybridized carbons (Fsp3) is 0.350. The van der Waals surface area contributed by atoms with Gasteiger partial charge in [-0.15, -0.1) is 0 Å². The number of primary amides is 1. The minimum absolute atomic E-state index is 0.0946. The molecule has 0 aromatic heterocycles. The Hall–Kier alpha value is -2.41. The normalized spacial score (nSPS) is 13.8. The first-order valence-electron chi connectivity index (χ1n) is 8.58. The van der Waals surface area contributed by atoms with E-state index in [9.17, 15) is 22.4 Å². The van der Waals surface area contributed by atoms with Gasteiger partial charge in [-0.3, -0.25) is 10.1 Å². The predicted octanol–water partition coefficient (Wildman–Crippen LogP) is 4.43. The average molecular weight is 382 g/mol. The first-order chi connectivity index (χ1) is 12.7. The molecule has 0 radical (unpaired) electrons. The van der Waals surface area contributed by atoms with Crippen LogP contribution < -0.4 is 11.1 Å². The van der Waals surface area contributed by atoms with E-state index in [1.54, 1.807) is 0 Å². The van der Waals surface area contributed by atoms with Crippen molar-refractivity contribution < 1.29 is 22.4 Å². The van der Waals surface area contributed by atoms with Crippen molar-refractivity contribution in [3.05, 3.63) is 59.7 Å². The summed E-state index contributed by atoms with van der Waals surface area (Å²) in [6.45, 7) is 3.72. The number of nitrogens with one attached hydrogen (secondary N) is 1. The summed E-state index contributed by atoms with van der Waals surface area (Å²) in [5, 5.41) is 2.63. The lowest BCUT2D eigenvalue weighted by Crippen LogP contribution is -2.45. The molecular formula is C20H22F4N2O. The summed E-state index contributed by atoms with van der Waals surface area (Å²) in [5.41, 5.74) is 6.16. The van der Waals surface area contributed by atoms with Crippen LogP contribution in [0.15, 0.2) is 42.5 Å². The van der Waals surface area contributed by atoms with Crippen molar-refractivity contribution in [2.45, 2.75) is 38.8 Å². The van der Waals surface area contributed by atoms with Crippen LogP contribution in [0.4, 0.5) is 17.6 Å². The van der Waals surface area contributed by atoms with Gasteiger partial charge in [-0.05, 0) is 35.6 Å². The van der Waals surface area contributed by atoms with E-state index in [0.29, 0.717) is 12.0 Å². The molecule has 3 N–H and O–H groups in total. The van der Waals surface area contributed by atoms with Gasteiger partial charge in [0.25, 0.3) is 6.43 Å². The van der Waals surface area contributed by atoms with Crippen LogP contribution in [-0.4, -0.2) is 18.4 Å². The molecule has 0 bridgehead atoms. The Kier molecular flexibility index (Phi) is 6.96. The lowest BCUT2D eigenvalue weighted by molar-refractivity contribution is -0.120. The molecule has 2 aromatic rings. The van der Waals surface area contributed by atoms with Crippen LogP contribution in [0.25, 0.3) is 11.1 Å². The third-order valence-corrected chi connectivity index (χ3v) is 4.20. The summed E-state index contributed by atoms with van der Waals surface area (Å²) in [5.74, 6) is -2.04. The molecule has 146 valence electrons. The van der Waals surface area contributed by atoms with Gasteiger partial charge in [0.15, 0.2) is 0 Å². The maximum atomic E-state index is 13.9. The fourth-order valence-corrected chi connectivity index (χ4v) is 2.86. The Balaban J connectivity index is 2.26. The molecule has 0 fully saturated rings. The van der Waals surface area contributed by atoms with Gasteiger partial charge in [-0.25, -0.2) is 17.6 Å². The second-order valence-corrected chi connectivity index (χ2v) is 6.81. The van der Waals surface area contributed by atoms with Crippen molar-refractivity contribution >= 4 is 5.91 Å². The molecular weight excluding hydrogens is 360 g/mol. The Morgan fingerprint density at radius 1 is 1.07 bits per heavy atom. The van der Waals surface area contributed by atoms with Gasteiger partial charge in [-0.1, -0.05) is 38.1 Å². The van der Waals surface area contributed by atoms with Gasteiger partial charge in [0, 0.05) is 11.6 Å². The van der Waals surface area contributed by atoms with E-state index in [4.69, 9.17) is 5.73 Å². The van der Waals surface area contributed by atoms with Gasteiger partial charge in [-0.2, -0.15) is 0 Å². The summed E-state index contributed by atoms with van der Waals surface area (Å²) in [7, 11) is 0. The molecule has 7 heteroatoms. The third kappa shape index (κ3) is 5.53. The molecule has 27 heavy (non-hydrogen) atoms. The topological polar surface area (TPSA) is 55.1 Å². The molecule has 3 nitrogen and oxygen atoms in total. The molecule has 0 aliphatic rings. The van der Waals surface area contributed by atoms with Crippen molar-refractivity contribution in [2.24, 2.45) is 11.7 Å². The molecule has 0 heterocycles. The van der Waals surface area contributed by atoms with Crippen LogP contribution >= 0.6 is 0 Å². The highest BCUT2D eigenvalue weighted by Gasteiger charge is 2.28. The van der Waals surface area contributed by atoms with E-state index in [-0.39, 0.29) is 17.0 Å². The SMILES string of the molecule is CC(C)C[C@H](N[C@@H](c1ccc(-c2ccc(F)cc2F)cc1)C(F)F)C(N)=O. The smallest absolute Gasteiger partial charge is 0.257 e. The molecule has 0 spiro atoms. The highest BCUT2D eigenvalue weighted by atomic mass is 19.3. The number of nitrogens with two attached hydrogens (primary N) is 1. The van der Waals surface area contributed by atoms with Gasteiger partial charge < -0.3 is 5.73 Å². The molecule has 2 atom stereocenters. The lowest BCUT2D eigenvalue weighted by atomic mass is 9.98. The van der Waals surface area contributed by atoms with Crippen molar-refractivity contribution in [1.29, 1.82) is 0 Å². The molecule has 0 saturated carbocycles. The molecule has 0 aliphatic heterocycles. The van der Waals surface area contributed by atoms with Gasteiger partial charge in [0.05, 0.1) is 12.1 Å². The van der Waals surface area contributed by atoms with Gasteiger partial charge in [0.1, 0.15) is 11.6 Å². The molecule has 0 saturated heterocycles. The van der Waals surface area contributed by atoms with E-state index in [1.165, 1.54) is 30.3 Å². The Bertz CT molecular complexity index is 778. The Morgan fingerprint density at radius 3 is 2.19 bits per heavy atom. The van der Waals surface area contributed by atoms with Crippen molar-refractivity contribution in [2.75, 3.05) is 0 Å². The zero-order valence-corrected chi connectivity index (χ0v) is 15.1. The number of carbonyl (C=O) groups excluding carboxylic acids is 1. The van der Waals surface area contributed by atoms with E-state index >= 15 is 0 Å². The van der Waals surface area contributed by atoms with Crippen LogP contribution in [0.2, 0.25) is 0 Å². The summed E-state index contributed by atoms with van der Waals surface area (Å²) in [6.07, 6.45) is -2.44. The summed E-state index contributed by atoms with van der Waals surface area (Å²) >= 11 is 0. The largest absolute Gasteiger partial charge is 0.368 e. The van der Waals surface area contributed by atoms with Crippen LogP contribution in [0.1, 0.15) is 31.9 Å². The summed E-state index contributed by atoms with van der Waals surface area (Å²) in [6, 6.07) is 6.69. The molecule has 2 rings (SSSR count). The standard InChI is InChI=1S/C20H22F4N2O/c1-11(2)9-17(20(25)27)26-18(19(23)24)13-5-3-12(4-6-13)15-8-7-14(21)10-16(15)22/h3-8,10-11,17-19,26H,9H2,1-2H3,(H2,25,27)/t17-,18-/m0/s1. The number of hydrogen-bond acceptors (Lipinski definition) is 2. The van der Waals surface area contributed by atoms with Crippen LogP contribution in [0.5, 0.6) is 0 Å². The molecule has 0 aliphatic carbocycles. The number of halogens is 4. The zero-order chi connectivity index (χ0) is 20.1. The maximum Gasteiger partial charge on any atom is 0.257 e. The summed E-state index contributed by atoms with van der Waals surface area (Å²) in [4.78, 5) is 11.6. The Labute approximate surface area is 155 Å². The maximum absolute atomic E-state index is 13.9. The second kappa shape index (κ2) is 8.99. The van der Waals surface area contributed by atoms with Gasteiger partial charge >= 0.3 is 0 Å². The van der Waals surface area contributed by atoms with E-state index in [1.807, 2.05) is 13.8 Å². The van der Waals surface area contributed by atoms with E-state index in [2.05, 4.69) is 5.32 Å². The third-order valence-electron chi connectivity index (χ3n) is 4.20. The average Bonchev–Trinajstić information content (AvgIpc) is 2.58. The fourth-order valence-electron chi connectivity index (χ4n) is 2.86. The molecule has 2 aromatic carbocycles. The van der Waals surface area contributed by atoms with Crippen LogP contribution in [-0.2, 0) is 4.79 Å². The number of hydrogen-bond donors (Lipinski definition) is 2. The monoisotopic (exact) mass is 382 g/mol. The number of carbonyl (C=O) groups is 1. The second-order valence-electron chi connectivity index (χ2n) is 6.81. The van der Waals surface area contributed by atoms with Crippen LogP contribution in [0, 0.1) is 17.6 Å². The first kappa shape index (κ1) is 20.9.